The summed E-state index contributed by atoms with van der Waals surface area (Å²) >= 11 is 7.77. The molecule has 4 heteroatoms. The van der Waals surface area contributed by atoms with E-state index in [0.29, 0.717) is 5.02 Å². The van der Waals surface area contributed by atoms with Crippen molar-refractivity contribution < 1.29 is 4.74 Å². The Morgan fingerprint density at radius 3 is 2.56 bits per heavy atom. The molecule has 0 aliphatic rings. The molecule has 1 aromatic heterocycles. The van der Waals surface area contributed by atoms with Gasteiger partial charge >= 0.3 is 0 Å². The van der Waals surface area contributed by atoms with E-state index in [2.05, 4.69) is 4.98 Å². The fourth-order valence-corrected chi connectivity index (χ4v) is 3.04. The highest BCUT2D eigenvalue weighted by atomic mass is 35.5. The minimum atomic E-state index is 0.698. The summed E-state index contributed by atoms with van der Waals surface area (Å²) < 4.78 is 6.25. The number of aromatic nitrogens is 1. The monoisotopic (exact) mass is 275 g/mol. The molecular formula is C14H10ClNOS. The molecule has 0 aliphatic carbocycles. The topological polar surface area (TPSA) is 22.1 Å². The maximum atomic E-state index is 6.13. The summed E-state index contributed by atoms with van der Waals surface area (Å²) in [5.41, 5.74) is 1.95. The number of hydrogen-bond acceptors (Lipinski definition) is 3. The zero-order valence-electron chi connectivity index (χ0n) is 9.68. The molecule has 0 unspecified atom stereocenters. The lowest BCUT2D eigenvalue weighted by atomic mass is 10.2. The van der Waals surface area contributed by atoms with Gasteiger partial charge in [0.2, 0.25) is 0 Å². The summed E-state index contributed by atoms with van der Waals surface area (Å²) in [5, 5.41) is 1.67. The molecular weight excluding hydrogens is 266 g/mol. The number of ether oxygens (including phenoxy) is 1. The Kier molecular flexibility index (Phi) is 2.94. The Morgan fingerprint density at radius 1 is 1.11 bits per heavy atom. The molecule has 90 valence electrons. The number of rotatable bonds is 2. The van der Waals surface area contributed by atoms with Gasteiger partial charge in [0.1, 0.15) is 16.3 Å². The molecule has 0 bridgehead atoms. The fraction of sp³-hybridized carbons (Fsp3) is 0.0714. The van der Waals surface area contributed by atoms with E-state index in [4.69, 9.17) is 16.3 Å². The summed E-state index contributed by atoms with van der Waals surface area (Å²) in [5.74, 6) is 0.845. The molecule has 0 atom stereocenters. The van der Waals surface area contributed by atoms with Gasteiger partial charge in [0.05, 0.1) is 16.8 Å². The molecule has 3 aromatic rings. The average molecular weight is 276 g/mol. The summed E-state index contributed by atoms with van der Waals surface area (Å²) in [4.78, 5) is 4.58. The van der Waals surface area contributed by atoms with Gasteiger partial charge in [-0.2, -0.15) is 0 Å². The largest absolute Gasteiger partial charge is 0.497 e. The van der Waals surface area contributed by atoms with Crippen molar-refractivity contribution in [3.05, 3.63) is 47.5 Å². The van der Waals surface area contributed by atoms with Gasteiger partial charge in [0, 0.05) is 5.56 Å². The number of thiazole rings is 1. The molecule has 0 aliphatic heterocycles. The number of nitrogens with zero attached hydrogens (tertiary/aromatic N) is 1. The summed E-state index contributed by atoms with van der Waals surface area (Å²) in [7, 11) is 1.66. The highest BCUT2D eigenvalue weighted by Crippen LogP contribution is 2.33. The number of halogens is 1. The first-order valence-electron chi connectivity index (χ1n) is 5.47. The second-order valence-corrected chi connectivity index (χ2v) is 5.27. The van der Waals surface area contributed by atoms with Gasteiger partial charge in [-0.3, -0.25) is 0 Å². The fourth-order valence-electron chi connectivity index (χ4n) is 1.77. The second kappa shape index (κ2) is 4.59. The van der Waals surface area contributed by atoms with Gasteiger partial charge in [0.25, 0.3) is 0 Å². The van der Waals surface area contributed by atoms with Crippen LogP contribution in [0.5, 0.6) is 5.75 Å². The molecule has 0 saturated heterocycles. The molecule has 2 aromatic carbocycles. The van der Waals surface area contributed by atoms with Crippen LogP contribution >= 0.6 is 22.9 Å². The average Bonchev–Trinajstić information content (AvgIpc) is 2.84. The predicted octanol–water partition coefficient (Wildman–Crippen LogP) is 4.63. The highest BCUT2D eigenvalue weighted by molar-refractivity contribution is 7.21. The molecule has 0 radical (unpaired) electrons. The van der Waals surface area contributed by atoms with Crippen LogP contribution in [0.1, 0.15) is 0 Å². The van der Waals surface area contributed by atoms with Crippen molar-refractivity contribution >= 4 is 33.2 Å². The maximum Gasteiger partial charge on any atom is 0.124 e. The van der Waals surface area contributed by atoms with Crippen molar-refractivity contribution in [2.24, 2.45) is 0 Å². The molecule has 1 heterocycles. The molecule has 18 heavy (non-hydrogen) atoms. The first kappa shape index (κ1) is 11.5. The van der Waals surface area contributed by atoms with E-state index in [1.807, 2.05) is 42.5 Å². The SMILES string of the molecule is COc1ccc(-c2nc3c(Cl)cccc3s2)cc1. The molecule has 0 N–H and O–H groups in total. The Morgan fingerprint density at radius 2 is 1.89 bits per heavy atom. The van der Waals surface area contributed by atoms with E-state index in [-0.39, 0.29) is 0 Å². The van der Waals surface area contributed by atoms with E-state index >= 15 is 0 Å². The van der Waals surface area contributed by atoms with E-state index in [1.54, 1.807) is 18.4 Å². The molecule has 0 fully saturated rings. The van der Waals surface area contributed by atoms with Crippen molar-refractivity contribution in [1.29, 1.82) is 0 Å². The van der Waals surface area contributed by atoms with Crippen LogP contribution < -0.4 is 4.74 Å². The van der Waals surface area contributed by atoms with Crippen molar-refractivity contribution in [2.75, 3.05) is 7.11 Å². The van der Waals surface area contributed by atoms with Crippen LogP contribution in [0.3, 0.4) is 0 Å². The van der Waals surface area contributed by atoms with Crippen molar-refractivity contribution in [2.45, 2.75) is 0 Å². The van der Waals surface area contributed by atoms with E-state index in [9.17, 15) is 0 Å². The van der Waals surface area contributed by atoms with E-state index in [1.165, 1.54) is 0 Å². The van der Waals surface area contributed by atoms with Crippen LogP contribution in [0.4, 0.5) is 0 Å². The third-order valence-corrected chi connectivity index (χ3v) is 4.08. The smallest absolute Gasteiger partial charge is 0.124 e. The van der Waals surface area contributed by atoms with E-state index in [0.717, 1.165) is 26.5 Å². The van der Waals surface area contributed by atoms with Crippen molar-refractivity contribution in [1.82, 2.24) is 4.98 Å². The van der Waals surface area contributed by atoms with Gasteiger partial charge in [-0.1, -0.05) is 17.7 Å². The van der Waals surface area contributed by atoms with Crippen LogP contribution in [0.15, 0.2) is 42.5 Å². The van der Waals surface area contributed by atoms with E-state index < -0.39 is 0 Å². The standard InChI is InChI=1S/C14H10ClNOS/c1-17-10-7-5-9(6-8-10)14-16-13-11(15)3-2-4-12(13)18-14/h2-8H,1H3. The normalized spacial score (nSPS) is 10.8. The zero-order valence-corrected chi connectivity index (χ0v) is 11.3. The van der Waals surface area contributed by atoms with Crippen LogP contribution in [0.25, 0.3) is 20.8 Å². The number of para-hydroxylation sites is 1. The van der Waals surface area contributed by atoms with Crippen LogP contribution in [0, 0.1) is 0 Å². The van der Waals surface area contributed by atoms with Crippen molar-refractivity contribution in [3.8, 4) is 16.3 Å². The molecule has 0 saturated carbocycles. The lowest BCUT2D eigenvalue weighted by molar-refractivity contribution is 0.415. The first-order chi connectivity index (χ1) is 8.78. The quantitative estimate of drug-likeness (QED) is 0.680. The van der Waals surface area contributed by atoms with Crippen LogP contribution in [0.2, 0.25) is 5.02 Å². The Hall–Kier alpha value is -1.58. The molecule has 3 rings (SSSR count). The molecule has 0 spiro atoms. The number of benzene rings is 2. The lowest BCUT2D eigenvalue weighted by Crippen LogP contribution is -1.82. The summed E-state index contributed by atoms with van der Waals surface area (Å²) in [6, 6.07) is 13.7. The van der Waals surface area contributed by atoms with Gasteiger partial charge < -0.3 is 4.74 Å². The molecule has 0 amide bonds. The number of fused-ring (bicyclic) bond motifs is 1. The maximum absolute atomic E-state index is 6.13. The van der Waals surface area contributed by atoms with Crippen LogP contribution in [-0.4, -0.2) is 12.1 Å². The summed E-state index contributed by atoms with van der Waals surface area (Å²) in [6.07, 6.45) is 0. The van der Waals surface area contributed by atoms with Crippen LogP contribution in [-0.2, 0) is 0 Å². The van der Waals surface area contributed by atoms with Crippen molar-refractivity contribution in [3.63, 3.8) is 0 Å². The second-order valence-electron chi connectivity index (χ2n) is 3.83. The van der Waals surface area contributed by atoms with Gasteiger partial charge in [-0.05, 0) is 36.4 Å². The molecule has 2 nitrogen and oxygen atoms in total. The minimum absolute atomic E-state index is 0.698. The Labute approximate surface area is 114 Å². The number of hydrogen-bond donors (Lipinski definition) is 0. The summed E-state index contributed by atoms with van der Waals surface area (Å²) in [6.45, 7) is 0. The third kappa shape index (κ3) is 1.96. The first-order valence-corrected chi connectivity index (χ1v) is 6.67. The minimum Gasteiger partial charge on any atom is -0.497 e. The Balaban J connectivity index is 2.10. The van der Waals surface area contributed by atoms with Gasteiger partial charge in [-0.25, -0.2) is 4.98 Å². The lowest BCUT2D eigenvalue weighted by Gasteiger charge is -1.99. The Bertz CT molecular complexity index is 691. The number of methoxy groups -OCH3 is 1. The predicted molar refractivity (Wildman–Crippen MR) is 76.6 cm³/mol. The third-order valence-electron chi connectivity index (χ3n) is 2.71. The van der Waals surface area contributed by atoms with Gasteiger partial charge in [0.15, 0.2) is 0 Å². The van der Waals surface area contributed by atoms with Gasteiger partial charge in [-0.15, -0.1) is 11.3 Å². The zero-order chi connectivity index (χ0) is 12.5. The highest BCUT2D eigenvalue weighted by Gasteiger charge is 2.08.